The molecule has 2 atom stereocenters. The van der Waals surface area contributed by atoms with Crippen molar-refractivity contribution in [2.24, 2.45) is 16.3 Å². The van der Waals surface area contributed by atoms with Crippen molar-refractivity contribution in [3.8, 4) is 0 Å². The molecular weight excluding hydrogens is 479 g/mol. The maximum atomic E-state index is 6.07. The lowest BCUT2D eigenvalue weighted by Crippen LogP contribution is -2.65. The Labute approximate surface area is 195 Å². The number of ether oxygens (including phenoxy) is 2. The van der Waals surface area contributed by atoms with Gasteiger partial charge in [0.25, 0.3) is 0 Å². The third-order valence-corrected chi connectivity index (χ3v) is 7.17. The predicted octanol–water partition coefficient (Wildman–Crippen LogP) is 3.26. The average Bonchev–Trinajstić information content (AvgIpc) is 3.23. The van der Waals surface area contributed by atoms with Gasteiger partial charge in [-0.3, -0.25) is 4.99 Å². The largest absolute Gasteiger partial charge is 0.383 e. The topological polar surface area (TPSA) is 58.1 Å². The van der Waals surface area contributed by atoms with Crippen molar-refractivity contribution in [2.45, 2.75) is 70.9 Å². The second kappa shape index (κ2) is 12.7. The van der Waals surface area contributed by atoms with Crippen molar-refractivity contribution in [1.82, 2.24) is 15.5 Å². The van der Waals surface area contributed by atoms with E-state index in [9.17, 15) is 0 Å². The number of likely N-dealkylation sites (tertiary alicyclic amines) is 1. The Morgan fingerprint density at radius 2 is 1.90 bits per heavy atom. The van der Waals surface area contributed by atoms with E-state index in [4.69, 9.17) is 14.5 Å². The molecule has 1 spiro atoms. The summed E-state index contributed by atoms with van der Waals surface area (Å²) in [6, 6.07) is 0.514. The summed E-state index contributed by atoms with van der Waals surface area (Å²) in [5.74, 6) is 1.71. The zero-order chi connectivity index (χ0) is 19.8. The van der Waals surface area contributed by atoms with Gasteiger partial charge in [-0.15, -0.1) is 24.0 Å². The lowest BCUT2D eigenvalue weighted by molar-refractivity contribution is -0.125. The standard InChI is InChI=1S/C22H42N4O2.HI/c1-4-23-21(24-17-18-8-12-26(13-9-18)14-15-27-3)25-19-16-20(28-5-2)22(19)10-6-7-11-22;/h18-20H,4-17H2,1-3H3,(H2,23,24,25);1H. The van der Waals surface area contributed by atoms with Gasteiger partial charge in [0.2, 0.25) is 0 Å². The van der Waals surface area contributed by atoms with Crippen LogP contribution in [0.2, 0.25) is 0 Å². The summed E-state index contributed by atoms with van der Waals surface area (Å²) in [6.07, 6.45) is 9.34. The molecule has 29 heavy (non-hydrogen) atoms. The monoisotopic (exact) mass is 522 g/mol. The highest BCUT2D eigenvalue weighted by Gasteiger charge is 2.56. The first-order valence-corrected chi connectivity index (χ1v) is 11.6. The molecule has 0 aromatic heterocycles. The van der Waals surface area contributed by atoms with E-state index in [1.54, 1.807) is 7.11 Å². The number of aliphatic imine (C=N–C) groups is 1. The van der Waals surface area contributed by atoms with E-state index in [-0.39, 0.29) is 24.0 Å². The van der Waals surface area contributed by atoms with Gasteiger partial charge >= 0.3 is 0 Å². The smallest absolute Gasteiger partial charge is 0.191 e. The number of hydrogen-bond acceptors (Lipinski definition) is 4. The molecule has 0 aromatic carbocycles. The number of piperidine rings is 1. The SMILES string of the molecule is CCNC(=NCC1CCN(CCOC)CC1)NC1CC(OCC)C12CCCC2.I. The summed E-state index contributed by atoms with van der Waals surface area (Å²) < 4.78 is 11.3. The van der Waals surface area contributed by atoms with Gasteiger partial charge in [-0.25, -0.2) is 0 Å². The molecule has 1 heterocycles. The van der Waals surface area contributed by atoms with Crippen LogP contribution >= 0.6 is 24.0 Å². The number of methoxy groups -OCH3 is 1. The number of halogens is 1. The second-order valence-electron chi connectivity index (χ2n) is 8.81. The second-order valence-corrected chi connectivity index (χ2v) is 8.81. The Morgan fingerprint density at radius 1 is 1.17 bits per heavy atom. The van der Waals surface area contributed by atoms with Crippen LogP contribution in [-0.2, 0) is 9.47 Å². The summed E-state index contributed by atoms with van der Waals surface area (Å²) in [5, 5.41) is 7.27. The number of hydrogen-bond donors (Lipinski definition) is 2. The Bertz CT molecular complexity index is 491. The first kappa shape index (κ1) is 25.1. The zero-order valence-electron chi connectivity index (χ0n) is 18.8. The number of nitrogens with one attached hydrogen (secondary N) is 2. The van der Waals surface area contributed by atoms with Gasteiger partial charge < -0.3 is 25.0 Å². The minimum Gasteiger partial charge on any atom is -0.383 e. The maximum absolute atomic E-state index is 6.07. The average molecular weight is 523 g/mol. The normalized spacial score (nSPS) is 27.5. The molecule has 3 aliphatic rings. The van der Waals surface area contributed by atoms with Crippen LogP contribution in [0.4, 0.5) is 0 Å². The van der Waals surface area contributed by atoms with Gasteiger partial charge in [0.1, 0.15) is 0 Å². The molecule has 1 saturated heterocycles. The first-order chi connectivity index (χ1) is 13.7. The van der Waals surface area contributed by atoms with Gasteiger partial charge in [0.15, 0.2) is 5.96 Å². The fourth-order valence-corrected chi connectivity index (χ4v) is 5.41. The first-order valence-electron chi connectivity index (χ1n) is 11.6. The fraction of sp³-hybridized carbons (Fsp3) is 0.955. The van der Waals surface area contributed by atoms with E-state index in [2.05, 4.69) is 29.4 Å². The van der Waals surface area contributed by atoms with Crippen LogP contribution in [0.3, 0.4) is 0 Å². The summed E-state index contributed by atoms with van der Waals surface area (Å²) >= 11 is 0. The molecule has 1 aliphatic heterocycles. The van der Waals surface area contributed by atoms with Gasteiger partial charge in [-0.05, 0) is 65.0 Å². The third-order valence-electron chi connectivity index (χ3n) is 7.17. The van der Waals surface area contributed by atoms with Crippen LogP contribution < -0.4 is 10.6 Å². The quantitative estimate of drug-likeness (QED) is 0.277. The Hall–Kier alpha value is -0.120. The highest BCUT2D eigenvalue weighted by Crippen LogP contribution is 2.54. The van der Waals surface area contributed by atoms with E-state index < -0.39 is 0 Å². The lowest BCUT2D eigenvalue weighted by Gasteiger charge is -2.54. The van der Waals surface area contributed by atoms with Crippen LogP contribution in [0.15, 0.2) is 4.99 Å². The Balaban J connectivity index is 0.00000300. The van der Waals surface area contributed by atoms with E-state index in [0.29, 0.717) is 23.5 Å². The van der Waals surface area contributed by atoms with Crippen molar-refractivity contribution >= 4 is 29.9 Å². The molecule has 2 aliphatic carbocycles. The molecular formula is C22H43IN4O2. The number of nitrogens with zero attached hydrogens (tertiary/aromatic N) is 2. The molecule has 2 N–H and O–H groups in total. The molecule has 7 heteroatoms. The van der Waals surface area contributed by atoms with E-state index in [1.165, 1.54) is 51.6 Å². The van der Waals surface area contributed by atoms with Crippen molar-refractivity contribution in [1.29, 1.82) is 0 Å². The molecule has 2 saturated carbocycles. The minimum absolute atomic E-state index is 0. The summed E-state index contributed by atoms with van der Waals surface area (Å²) in [4.78, 5) is 7.50. The summed E-state index contributed by atoms with van der Waals surface area (Å²) in [7, 11) is 1.78. The van der Waals surface area contributed by atoms with Crippen molar-refractivity contribution < 1.29 is 9.47 Å². The van der Waals surface area contributed by atoms with Crippen molar-refractivity contribution in [3.63, 3.8) is 0 Å². The zero-order valence-corrected chi connectivity index (χ0v) is 21.1. The van der Waals surface area contributed by atoms with Crippen LogP contribution in [-0.4, -0.2) is 76.1 Å². The highest BCUT2D eigenvalue weighted by molar-refractivity contribution is 14.0. The molecule has 0 amide bonds. The molecule has 0 bridgehead atoms. The fourth-order valence-electron chi connectivity index (χ4n) is 5.41. The van der Waals surface area contributed by atoms with E-state index in [0.717, 1.165) is 45.2 Å². The van der Waals surface area contributed by atoms with Crippen LogP contribution in [0.1, 0.15) is 58.8 Å². The van der Waals surface area contributed by atoms with Gasteiger partial charge in [0.05, 0.1) is 12.7 Å². The van der Waals surface area contributed by atoms with Crippen LogP contribution in [0.5, 0.6) is 0 Å². The van der Waals surface area contributed by atoms with E-state index >= 15 is 0 Å². The molecule has 3 fully saturated rings. The van der Waals surface area contributed by atoms with Crippen LogP contribution in [0, 0.1) is 11.3 Å². The maximum Gasteiger partial charge on any atom is 0.191 e. The third kappa shape index (κ3) is 6.43. The number of guanidine groups is 1. The minimum atomic E-state index is 0. The van der Waals surface area contributed by atoms with E-state index in [1.807, 2.05) is 0 Å². The molecule has 3 rings (SSSR count). The van der Waals surface area contributed by atoms with Crippen molar-refractivity contribution in [2.75, 3.05) is 53.0 Å². The highest BCUT2D eigenvalue weighted by atomic mass is 127. The molecule has 0 radical (unpaired) electrons. The number of rotatable bonds is 9. The molecule has 0 aromatic rings. The molecule has 6 nitrogen and oxygen atoms in total. The van der Waals surface area contributed by atoms with Gasteiger partial charge in [-0.1, -0.05) is 12.8 Å². The predicted molar refractivity (Wildman–Crippen MR) is 130 cm³/mol. The van der Waals surface area contributed by atoms with Gasteiger partial charge in [-0.2, -0.15) is 0 Å². The lowest BCUT2D eigenvalue weighted by atomic mass is 9.60. The summed E-state index contributed by atoms with van der Waals surface area (Å²) in [6.45, 7) is 11.2. The van der Waals surface area contributed by atoms with Crippen molar-refractivity contribution in [3.05, 3.63) is 0 Å². The van der Waals surface area contributed by atoms with Crippen LogP contribution in [0.25, 0.3) is 0 Å². The molecule has 170 valence electrons. The Kier molecular flexibility index (Phi) is 11.0. The Morgan fingerprint density at radius 3 is 2.52 bits per heavy atom. The van der Waals surface area contributed by atoms with Gasteiger partial charge in [0, 0.05) is 44.8 Å². The summed E-state index contributed by atoms with van der Waals surface area (Å²) in [5.41, 5.74) is 0.346. The molecule has 2 unspecified atom stereocenters.